The van der Waals surface area contributed by atoms with Gasteiger partial charge in [0.2, 0.25) is 0 Å². The minimum atomic E-state index is 0.235. The maximum Gasteiger partial charge on any atom is 0.185 e. The van der Waals surface area contributed by atoms with Crippen LogP contribution in [-0.4, -0.2) is 65.5 Å². The Morgan fingerprint density at radius 3 is 2.71 bits per heavy atom. The molecule has 2 N–H and O–H groups in total. The van der Waals surface area contributed by atoms with Crippen LogP contribution >= 0.6 is 11.3 Å². The summed E-state index contributed by atoms with van der Waals surface area (Å²) in [5, 5.41) is 21.9. The number of nitrogens with zero attached hydrogens (tertiary/aromatic N) is 3. The zero-order valence-electron chi connectivity index (χ0n) is 18.8. The van der Waals surface area contributed by atoms with Crippen LogP contribution in [-0.2, 0) is 6.42 Å². The van der Waals surface area contributed by atoms with Gasteiger partial charge < -0.3 is 15.1 Å². The summed E-state index contributed by atoms with van der Waals surface area (Å²) in [5.41, 5.74) is 5.39. The number of aryl methyl sites for hydroxylation is 1. The van der Waals surface area contributed by atoms with Gasteiger partial charge in [-0.1, -0.05) is 19.1 Å². The fraction of sp³-hybridized carbons (Fsp3) is 0.640. The second-order valence-electron chi connectivity index (χ2n) is 9.13. The highest BCUT2D eigenvalue weighted by Crippen LogP contribution is 2.35. The van der Waals surface area contributed by atoms with E-state index in [4.69, 9.17) is 10.1 Å². The topological polar surface area (TPSA) is 59.8 Å². The third-order valence-electron chi connectivity index (χ3n) is 7.06. The van der Waals surface area contributed by atoms with Gasteiger partial charge in [-0.3, -0.25) is 4.90 Å². The average molecular weight is 444 g/mol. The smallest absolute Gasteiger partial charge is 0.185 e. The molecule has 2 aromatic rings. The molecule has 0 saturated carbocycles. The lowest BCUT2D eigenvalue weighted by Gasteiger charge is -2.39. The molecule has 2 heterocycles. The number of rotatable bonds is 9. The Bertz CT molecular complexity index is 832. The van der Waals surface area contributed by atoms with Crippen molar-refractivity contribution in [2.24, 2.45) is 0 Å². The molecule has 1 fully saturated rings. The number of fused-ring (bicyclic) bond motifs is 1. The molecular weight excluding hydrogens is 406 g/mol. The van der Waals surface area contributed by atoms with Crippen molar-refractivity contribution in [3.05, 3.63) is 34.7 Å². The van der Waals surface area contributed by atoms with Gasteiger partial charge in [-0.2, -0.15) is 0 Å². The summed E-state index contributed by atoms with van der Waals surface area (Å²) >= 11 is 1.75. The Morgan fingerprint density at radius 2 is 1.94 bits per heavy atom. The van der Waals surface area contributed by atoms with Crippen molar-refractivity contribution in [3.8, 4) is 11.3 Å². The molecular formula is C25H37N3O2S. The summed E-state index contributed by atoms with van der Waals surface area (Å²) in [6.07, 6.45) is 7.57. The monoisotopic (exact) mass is 443 g/mol. The normalized spacial score (nSPS) is 20.6. The lowest BCUT2D eigenvalue weighted by atomic mass is 9.83. The molecule has 4 rings (SSSR count). The molecule has 0 radical (unpaired) electrons. The van der Waals surface area contributed by atoms with E-state index < -0.39 is 0 Å². The van der Waals surface area contributed by atoms with E-state index >= 15 is 0 Å². The van der Waals surface area contributed by atoms with Crippen LogP contribution in [0.2, 0.25) is 0 Å². The second kappa shape index (κ2) is 10.9. The predicted molar refractivity (Wildman–Crippen MR) is 129 cm³/mol. The molecule has 5 nitrogen and oxygen atoms in total. The summed E-state index contributed by atoms with van der Waals surface area (Å²) in [6, 6.07) is 7.36. The maximum absolute atomic E-state index is 9.46. The van der Waals surface area contributed by atoms with E-state index in [0.717, 1.165) is 62.7 Å². The van der Waals surface area contributed by atoms with Gasteiger partial charge in [0.1, 0.15) is 0 Å². The first-order valence-corrected chi connectivity index (χ1v) is 12.9. The van der Waals surface area contributed by atoms with E-state index in [-0.39, 0.29) is 13.2 Å². The van der Waals surface area contributed by atoms with E-state index in [0.29, 0.717) is 12.0 Å². The molecule has 31 heavy (non-hydrogen) atoms. The van der Waals surface area contributed by atoms with Crippen LogP contribution in [0.4, 0.5) is 5.13 Å². The molecule has 0 spiro atoms. The average Bonchev–Trinajstić information content (AvgIpc) is 3.29. The van der Waals surface area contributed by atoms with E-state index in [1.54, 1.807) is 11.3 Å². The lowest BCUT2D eigenvalue weighted by molar-refractivity contribution is 0.137. The second-order valence-corrected chi connectivity index (χ2v) is 9.97. The Kier molecular flexibility index (Phi) is 7.99. The van der Waals surface area contributed by atoms with Crippen molar-refractivity contribution >= 4 is 16.5 Å². The van der Waals surface area contributed by atoms with E-state index in [2.05, 4.69) is 40.3 Å². The van der Waals surface area contributed by atoms with Gasteiger partial charge in [0.25, 0.3) is 0 Å². The molecule has 1 aromatic heterocycles. The lowest BCUT2D eigenvalue weighted by Crippen LogP contribution is -2.50. The number of hydrogen-bond acceptors (Lipinski definition) is 6. The summed E-state index contributed by atoms with van der Waals surface area (Å²) in [4.78, 5) is 9.93. The highest BCUT2D eigenvalue weighted by Gasteiger charge is 2.25. The SMILES string of the molecule is CC1CCCc2ccc(-c3csc(N4CCN(C(CCO)CCCCO)CC4)n3)cc21. The van der Waals surface area contributed by atoms with Crippen molar-refractivity contribution in [3.63, 3.8) is 0 Å². The number of piperazine rings is 1. The zero-order valence-corrected chi connectivity index (χ0v) is 19.6. The van der Waals surface area contributed by atoms with Crippen LogP contribution < -0.4 is 4.90 Å². The van der Waals surface area contributed by atoms with E-state index in [9.17, 15) is 5.11 Å². The minimum Gasteiger partial charge on any atom is -0.396 e. The molecule has 2 aliphatic rings. The number of unbranched alkanes of at least 4 members (excludes halogenated alkanes) is 1. The molecule has 0 bridgehead atoms. The van der Waals surface area contributed by atoms with Crippen molar-refractivity contribution < 1.29 is 10.2 Å². The van der Waals surface area contributed by atoms with Crippen LogP contribution in [0.1, 0.15) is 62.5 Å². The fourth-order valence-electron chi connectivity index (χ4n) is 5.17. The first-order valence-electron chi connectivity index (χ1n) is 12.0. The highest BCUT2D eigenvalue weighted by molar-refractivity contribution is 7.14. The molecule has 1 aromatic carbocycles. The number of aromatic nitrogens is 1. The van der Waals surface area contributed by atoms with Crippen molar-refractivity contribution in [2.45, 2.75) is 63.8 Å². The van der Waals surface area contributed by atoms with Gasteiger partial charge in [0.15, 0.2) is 5.13 Å². The van der Waals surface area contributed by atoms with Crippen LogP contribution in [0.5, 0.6) is 0 Å². The van der Waals surface area contributed by atoms with Crippen LogP contribution in [0.25, 0.3) is 11.3 Å². The van der Waals surface area contributed by atoms with Crippen LogP contribution in [0.15, 0.2) is 23.6 Å². The number of benzene rings is 1. The molecule has 1 aliphatic carbocycles. The van der Waals surface area contributed by atoms with Gasteiger partial charge in [-0.15, -0.1) is 11.3 Å². The van der Waals surface area contributed by atoms with E-state index in [1.807, 2.05) is 0 Å². The summed E-state index contributed by atoms with van der Waals surface area (Å²) < 4.78 is 0. The highest BCUT2D eigenvalue weighted by atomic mass is 32.1. The number of aliphatic hydroxyl groups excluding tert-OH is 2. The number of anilines is 1. The molecule has 2 unspecified atom stereocenters. The third-order valence-corrected chi connectivity index (χ3v) is 7.96. The first kappa shape index (κ1) is 22.7. The predicted octanol–water partition coefficient (Wildman–Crippen LogP) is 4.29. The Morgan fingerprint density at radius 1 is 1.10 bits per heavy atom. The van der Waals surface area contributed by atoms with Gasteiger partial charge in [-0.05, 0) is 68.1 Å². The van der Waals surface area contributed by atoms with Gasteiger partial charge in [-0.25, -0.2) is 4.98 Å². The Labute approximate surface area is 190 Å². The minimum absolute atomic E-state index is 0.235. The first-order chi connectivity index (χ1) is 15.2. The van der Waals surface area contributed by atoms with Crippen LogP contribution in [0, 0.1) is 0 Å². The van der Waals surface area contributed by atoms with Gasteiger partial charge in [0, 0.05) is 56.4 Å². The van der Waals surface area contributed by atoms with Crippen LogP contribution in [0.3, 0.4) is 0 Å². The van der Waals surface area contributed by atoms with Gasteiger partial charge >= 0.3 is 0 Å². The van der Waals surface area contributed by atoms with Crippen molar-refractivity contribution in [2.75, 3.05) is 44.3 Å². The number of aliphatic hydroxyl groups is 2. The van der Waals surface area contributed by atoms with Crippen molar-refractivity contribution in [1.82, 2.24) is 9.88 Å². The molecule has 1 saturated heterocycles. The quantitative estimate of drug-likeness (QED) is 0.566. The number of thiazole rings is 1. The standard InChI is InChI=1S/C25H37N3O2S/c1-19-5-4-6-20-8-9-21(17-23(19)20)24-18-31-25(26-24)28-13-11-27(12-14-28)22(10-16-30)7-2-3-15-29/h8-9,17-19,22,29-30H,2-7,10-16H2,1H3. The Balaban J connectivity index is 1.38. The largest absolute Gasteiger partial charge is 0.396 e. The van der Waals surface area contributed by atoms with Crippen molar-refractivity contribution in [1.29, 1.82) is 0 Å². The Hall–Kier alpha value is -1.47. The molecule has 6 heteroatoms. The summed E-state index contributed by atoms with van der Waals surface area (Å²) in [7, 11) is 0. The van der Waals surface area contributed by atoms with Gasteiger partial charge in [0.05, 0.1) is 5.69 Å². The third kappa shape index (κ3) is 5.48. The summed E-state index contributed by atoms with van der Waals surface area (Å²) in [5.74, 6) is 0.652. The molecule has 1 aliphatic heterocycles. The molecule has 2 atom stereocenters. The maximum atomic E-state index is 9.46. The zero-order chi connectivity index (χ0) is 21.6. The fourth-order valence-corrected chi connectivity index (χ4v) is 6.05. The summed E-state index contributed by atoms with van der Waals surface area (Å²) in [6.45, 7) is 6.83. The number of hydrogen-bond donors (Lipinski definition) is 2. The molecule has 0 amide bonds. The molecule has 170 valence electrons. The van der Waals surface area contributed by atoms with E-state index in [1.165, 1.54) is 36.0 Å².